The fourth-order valence-corrected chi connectivity index (χ4v) is 2.60. The first kappa shape index (κ1) is 13.2. The molecule has 4 heteroatoms. The maximum absolute atomic E-state index is 8.45. The van der Waals surface area contributed by atoms with Crippen molar-refractivity contribution in [1.29, 1.82) is 5.41 Å². The molecule has 0 spiro atoms. The maximum Gasteiger partial charge on any atom is 0.165 e. The Morgan fingerprint density at radius 1 is 1.04 bits per heavy atom. The summed E-state index contributed by atoms with van der Waals surface area (Å²) in [4.78, 5) is 8.95. The van der Waals surface area contributed by atoms with Crippen molar-refractivity contribution in [3.05, 3.63) is 72.0 Å². The Hall–Kier alpha value is -3.45. The monoisotopic (exact) mass is 296 g/mol. The van der Waals surface area contributed by atoms with Gasteiger partial charge in [-0.1, -0.05) is 36.3 Å². The van der Waals surface area contributed by atoms with Crippen LogP contribution >= 0.6 is 0 Å². The standard InChI is InChI=1S/C19H12N4/c1-2-13-8-9-23-17(10-13)22-19-16(18(23)20)11-15(12-21-19)14-6-4-3-5-7-14/h1,3-12,20H. The van der Waals surface area contributed by atoms with Gasteiger partial charge in [0.1, 0.15) is 11.1 Å². The zero-order valence-corrected chi connectivity index (χ0v) is 12.2. The van der Waals surface area contributed by atoms with Gasteiger partial charge in [-0.2, -0.15) is 0 Å². The molecule has 1 aromatic carbocycles. The number of terminal acetylenes is 1. The highest BCUT2D eigenvalue weighted by molar-refractivity contribution is 5.81. The van der Waals surface area contributed by atoms with Gasteiger partial charge in [0.15, 0.2) is 5.65 Å². The van der Waals surface area contributed by atoms with Crippen molar-refractivity contribution in [1.82, 2.24) is 14.4 Å². The van der Waals surface area contributed by atoms with Gasteiger partial charge < -0.3 is 0 Å². The molecule has 3 aromatic heterocycles. The Labute approximate surface area is 132 Å². The van der Waals surface area contributed by atoms with E-state index in [1.54, 1.807) is 28.9 Å². The highest BCUT2D eigenvalue weighted by atomic mass is 15.0. The number of aromatic nitrogens is 3. The average molecular weight is 296 g/mol. The van der Waals surface area contributed by atoms with E-state index in [4.69, 9.17) is 11.8 Å². The lowest BCUT2D eigenvalue weighted by molar-refractivity contribution is 0.995. The minimum atomic E-state index is 0.346. The lowest BCUT2D eigenvalue weighted by Gasteiger charge is -2.07. The molecule has 4 nitrogen and oxygen atoms in total. The van der Waals surface area contributed by atoms with Crippen molar-refractivity contribution in [2.45, 2.75) is 0 Å². The number of hydrogen-bond donors (Lipinski definition) is 1. The molecule has 0 bridgehead atoms. The van der Waals surface area contributed by atoms with Gasteiger partial charge in [0, 0.05) is 23.5 Å². The second-order valence-corrected chi connectivity index (χ2v) is 5.21. The third-order valence-corrected chi connectivity index (χ3v) is 3.79. The van der Waals surface area contributed by atoms with Crippen molar-refractivity contribution in [3.63, 3.8) is 0 Å². The van der Waals surface area contributed by atoms with E-state index >= 15 is 0 Å². The quantitative estimate of drug-likeness (QED) is 0.433. The van der Waals surface area contributed by atoms with Crippen LogP contribution in [-0.2, 0) is 0 Å². The summed E-state index contributed by atoms with van der Waals surface area (Å²) >= 11 is 0. The second kappa shape index (κ2) is 5.08. The maximum atomic E-state index is 8.45. The predicted octanol–water partition coefficient (Wildman–Crippen LogP) is 3.01. The fourth-order valence-electron chi connectivity index (χ4n) is 2.60. The Bertz CT molecular complexity index is 1140. The van der Waals surface area contributed by atoms with E-state index in [2.05, 4.69) is 15.9 Å². The number of fused-ring (bicyclic) bond motifs is 2. The molecule has 0 aliphatic heterocycles. The molecule has 0 radical (unpaired) electrons. The van der Waals surface area contributed by atoms with E-state index in [9.17, 15) is 0 Å². The van der Waals surface area contributed by atoms with E-state index in [1.165, 1.54) is 0 Å². The molecule has 4 aromatic rings. The molecule has 0 atom stereocenters. The van der Waals surface area contributed by atoms with Gasteiger partial charge in [0.2, 0.25) is 0 Å². The van der Waals surface area contributed by atoms with E-state index in [-0.39, 0.29) is 0 Å². The minimum absolute atomic E-state index is 0.346. The number of rotatable bonds is 1. The molecule has 0 unspecified atom stereocenters. The van der Waals surface area contributed by atoms with Crippen LogP contribution in [0.25, 0.3) is 27.8 Å². The van der Waals surface area contributed by atoms with Gasteiger partial charge in [-0.3, -0.25) is 9.81 Å². The molecule has 0 amide bonds. The Morgan fingerprint density at radius 3 is 2.65 bits per heavy atom. The lowest BCUT2D eigenvalue weighted by Crippen LogP contribution is -2.16. The summed E-state index contributed by atoms with van der Waals surface area (Å²) in [6.07, 6.45) is 8.98. The Balaban J connectivity index is 2.03. The molecule has 108 valence electrons. The van der Waals surface area contributed by atoms with Crippen LogP contribution in [0.5, 0.6) is 0 Å². The van der Waals surface area contributed by atoms with Crippen LogP contribution in [0.4, 0.5) is 0 Å². The number of benzene rings is 1. The zero-order valence-electron chi connectivity index (χ0n) is 12.2. The molecule has 0 fully saturated rings. The lowest BCUT2D eigenvalue weighted by atomic mass is 10.1. The molecular weight excluding hydrogens is 284 g/mol. The van der Waals surface area contributed by atoms with Crippen LogP contribution in [-0.4, -0.2) is 14.4 Å². The summed E-state index contributed by atoms with van der Waals surface area (Å²) < 4.78 is 1.71. The predicted molar refractivity (Wildman–Crippen MR) is 89.7 cm³/mol. The van der Waals surface area contributed by atoms with E-state index in [0.717, 1.165) is 16.7 Å². The molecule has 4 rings (SSSR count). The second-order valence-electron chi connectivity index (χ2n) is 5.21. The molecule has 0 aliphatic rings. The fraction of sp³-hybridized carbons (Fsp3) is 0. The van der Waals surface area contributed by atoms with Crippen LogP contribution in [0, 0.1) is 17.8 Å². The highest BCUT2D eigenvalue weighted by Gasteiger charge is 2.07. The summed E-state index contributed by atoms with van der Waals surface area (Å²) in [5, 5.41) is 9.16. The van der Waals surface area contributed by atoms with Gasteiger partial charge in [0.25, 0.3) is 0 Å². The molecule has 0 aliphatic carbocycles. The molecular formula is C19H12N4. The van der Waals surface area contributed by atoms with E-state index in [1.807, 2.05) is 36.4 Å². The van der Waals surface area contributed by atoms with Gasteiger partial charge in [-0.25, -0.2) is 9.97 Å². The topological polar surface area (TPSA) is 54.0 Å². The molecule has 3 heterocycles. The normalized spacial score (nSPS) is 10.7. The first-order valence-corrected chi connectivity index (χ1v) is 7.15. The average Bonchev–Trinajstić information content (AvgIpc) is 2.62. The van der Waals surface area contributed by atoms with Crippen molar-refractivity contribution < 1.29 is 0 Å². The minimum Gasteiger partial charge on any atom is -0.286 e. The summed E-state index contributed by atoms with van der Waals surface area (Å²) in [5.74, 6) is 2.58. The highest BCUT2D eigenvalue weighted by Crippen LogP contribution is 2.20. The molecule has 0 saturated carbocycles. The molecule has 1 N–H and O–H groups in total. The van der Waals surface area contributed by atoms with Gasteiger partial charge >= 0.3 is 0 Å². The number of nitrogens with zero attached hydrogens (tertiary/aromatic N) is 3. The van der Waals surface area contributed by atoms with Crippen LogP contribution in [0.1, 0.15) is 5.56 Å². The largest absolute Gasteiger partial charge is 0.286 e. The first-order valence-electron chi connectivity index (χ1n) is 7.15. The first-order chi connectivity index (χ1) is 11.3. The van der Waals surface area contributed by atoms with Crippen molar-refractivity contribution in [2.75, 3.05) is 0 Å². The zero-order chi connectivity index (χ0) is 15.8. The Kier molecular flexibility index (Phi) is 2.92. The summed E-state index contributed by atoms with van der Waals surface area (Å²) in [7, 11) is 0. The van der Waals surface area contributed by atoms with Crippen molar-refractivity contribution in [2.24, 2.45) is 0 Å². The van der Waals surface area contributed by atoms with Gasteiger partial charge in [-0.15, -0.1) is 6.42 Å². The Morgan fingerprint density at radius 2 is 1.87 bits per heavy atom. The molecule has 0 saturated heterocycles. The summed E-state index contributed by atoms with van der Waals surface area (Å²) in [5.41, 5.74) is 4.28. The third kappa shape index (κ3) is 2.16. The summed E-state index contributed by atoms with van der Waals surface area (Å²) in [6.45, 7) is 0. The number of hydrogen-bond acceptors (Lipinski definition) is 3. The van der Waals surface area contributed by atoms with Crippen LogP contribution in [0.3, 0.4) is 0 Å². The third-order valence-electron chi connectivity index (χ3n) is 3.79. The molecule has 23 heavy (non-hydrogen) atoms. The van der Waals surface area contributed by atoms with Crippen molar-refractivity contribution >= 4 is 16.7 Å². The smallest absolute Gasteiger partial charge is 0.165 e. The van der Waals surface area contributed by atoms with Crippen LogP contribution in [0.2, 0.25) is 0 Å². The van der Waals surface area contributed by atoms with Crippen LogP contribution in [0.15, 0.2) is 60.9 Å². The van der Waals surface area contributed by atoms with Gasteiger partial charge in [-0.05, 0) is 23.8 Å². The van der Waals surface area contributed by atoms with Crippen LogP contribution < -0.4 is 5.49 Å². The SMILES string of the molecule is C#Cc1ccn2c(=N)c3cc(-c4ccccc4)cnc3nc2c1. The van der Waals surface area contributed by atoms with E-state index < -0.39 is 0 Å². The summed E-state index contributed by atoms with van der Waals surface area (Å²) in [6, 6.07) is 15.5. The number of nitrogens with one attached hydrogen (secondary N) is 1. The van der Waals surface area contributed by atoms with Crippen molar-refractivity contribution in [3.8, 4) is 23.5 Å². The van der Waals surface area contributed by atoms with E-state index in [0.29, 0.717) is 22.2 Å². The van der Waals surface area contributed by atoms with Gasteiger partial charge in [0.05, 0.1) is 5.39 Å². The number of pyridine rings is 2.